The van der Waals surface area contributed by atoms with Gasteiger partial charge in [-0.15, -0.1) is 0 Å². The van der Waals surface area contributed by atoms with Crippen molar-refractivity contribution in [2.45, 2.75) is 0 Å². The molecule has 0 fully saturated rings. The number of rotatable bonds is 5. The quantitative estimate of drug-likeness (QED) is 0.467. The number of allylic oxidation sites excluding steroid dienone is 1. The van der Waals surface area contributed by atoms with E-state index in [-0.39, 0.29) is 22.8 Å². The summed E-state index contributed by atoms with van der Waals surface area (Å²) in [7, 11) is 2.78. The summed E-state index contributed by atoms with van der Waals surface area (Å²) in [5.41, 5.74) is 0.877. The van der Waals surface area contributed by atoms with E-state index in [2.05, 4.69) is 0 Å². The molecule has 0 spiro atoms. The highest BCUT2D eigenvalue weighted by atomic mass is 35.5. The maximum atomic E-state index is 12.7. The van der Waals surface area contributed by atoms with Crippen LogP contribution >= 0.6 is 23.2 Å². The van der Waals surface area contributed by atoms with Gasteiger partial charge in [0.25, 0.3) is 0 Å². The zero-order valence-corrected chi connectivity index (χ0v) is 15.4. The van der Waals surface area contributed by atoms with Gasteiger partial charge in [0.15, 0.2) is 17.1 Å². The van der Waals surface area contributed by atoms with Crippen molar-refractivity contribution in [1.82, 2.24) is 0 Å². The molecule has 0 aliphatic rings. The Hall–Kier alpha value is -2.63. The molecule has 1 N–H and O–H groups in total. The standard InChI is InChI=1S/C19H14Cl2O5/c1-24-17-12-7-8-26-18(12)19(25-2)16(23)15(17)14(22)6-4-10-3-5-11(20)9-13(10)21/h3-9,23H,1-2H3. The SMILES string of the molecule is COc1c(C(=O)C=Cc2ccc(Cl)cc2Cl)c(O)c(OC)c2occc12. The van der Waals surface area contributed by atoms with Crippen LogP contribution in [0.15, 0.2) is 41.0 Å². The number of carbonyl (C=O) groups is 1. The number of phenolic OH excluding ortho intramolecular Hbond substituents is 1. The van der Waals surface area contributed by atoms with Crippen LogP contribution in [-0.4, -0.2) is 25.1 Å². The normalized spacial score (nSPS) is 11.2. The molecular weight excluding hydrogens is 379 g/mol. The molecule has 0 unspecified atom stereocenters. The summed E-state index contributed by atoms with van der Waals surface area (Å²) in [6.07, 6.45) is 4.25. The van der Waals surface area contributed by atoms with Gasteiger partial charge in [-0.1, -0.05) is 29.3 Å². The van der Waals surface area contributed by atoms with Crippen LogP contribution in [0.5, 0.6) is 17.2 Å². The molecule has 2 aromatic carbocycles. The van der Waals surface area contributed by atoms with Crippen molar-refractivity contribution in [3.63, 3.8) is 0 Å². The Morgan fingerprint density at radius 1 is 1.15 bits per heavy atom. The van der Waals surface area contributed by atoms with Crippen molar-refractivity contribution < 1.29 is 23.8 Å². The number of fused-ring (bicyclic) bond motifs is 1. The molecule has 0 atom stereocenters. The van der Waals surface area contributed by atoms with Crippen LogP contribution in [0.3, 0.4) is 0 Å². The summed E-state index contributed by atoms with van der Waals surface area (Å²) in [6, 6.07) is 6.56. The molecule has 0 aliphatic carbocycles. The summed E-state index contributed by atoms with van der Waals surface area (Å²) in [5.74, 6) is -0.577. The Morgan fingerprint density at radius 3 is 2.54 bits per heavy atom. The summed E-state index contributed by atoms with van der Waals surface area (Å²) >= 11 is 12.0. The minimum atomic E-state index is -0.480. The van der Waals surface area contributed by atoms with Crippen molar-refractivity contribution in [3.05, 3.63) is 57.8 Å². The fourth-order valence-corrected chi connectivity index (χ4v) is 3.11. The first-order valence-corrected chi connectivity index (χ1v) is 8.25. The summed E-state index contributed by atoms with van der Waals surface area (Å²) in [6.45, 7) is 0. The molecule has 0 amide bonds. The number of hydrogen-bond donors (Lipinski definition) is 1. The predicted octanol–water partition coefficient (Wildman–Crippen LogP) is 5.36. The Balaban J connectivity index is 2.10. The fourth-order valence-electron chi connectivity index (χ4n) is 2.64. The third kappa shape index (κ3) is 3.11. The summed E-state index contributed by atoms with van der Waals surface area (Å²) < 4.78 is 15.9. The van der Waals surface area contributed by atoms with E-state index in [0.717, 1.165) is 0 Å². The molecule has 0 radical (unpaired) electrons. The molecule has 1 aromatic heterocycles. The van der Waals surface area contributed by atoms with E-state index in [1.165, 1.54) is 32.6 Å². The Morgan fingerprint density at radius 2 is 1.88 bits per heavy atom. The van der Waals surface area contributed by atoms with Crippen LogP contribution < -0.4 is 9.47 Å². The average Bonchev–Trinajstić information content (AvgIpc) is 3.08. The number of benzene rings is 2. The van der Waals surface area contributed by atoms with Crippen LogP contribution in [0.4, 0.5) is 0 Å². The zero-order valence-electron chi connectivity index (χ0n) is 13.9. The maximum Gasteiger partial charge on any atom is 0.205 e. The lowest BCUT2D eigenvalue weighted by Gasteiger charge is -2.13. The van der Waals surface area contributed by atoms with Crippen molar-refractivity contribution in [2.24, 2.45) is 0 Å². The lowest BCUT2D eigenvalue weighted by molar-refractivity contribution is 0.104. The second-order valence-electron chi connectivity index (χ2n) is 5.32. The molecule has 5 nitrogen and oxygen atoms in total. The molecule has 0 saturated carbocycles. The van der Waals surface area contributed by atoms with Crippen molar-refractivity contribution in [1.29, 1.82) is 0 Å². The van der Waals surface area contributed by atoms with Crippen LogP contribution in [-0.2, 0) is 0 Å². The van der Waals surface area contributed by atoms with Gasteiger partial charge in [-0.3, -0.25) is 4.79 Å². The van der Waals surface area contributed by atoms with Gasteiger partial charge >= 0.3 is 0 Å². The highest BCUT2D eigenvalue weighted by Crippen LogP contribution is 2.45. The number of aromatic hydroxyl groups is 1. The lowest BCUT2D eigenvalue weighted by atomic mass is 10.0. The summed E-state index contributed by atoms with van der Waals surface area (Å²) in [5, 5.41) is 11.9. The van der Waals surface area contributed by atoms with Gasteiger partial charge in [0.05, 0.1) is 25.9 Å². The topological polar surface area (TPSA) is 68.9 Å². The highest BCUT2D eigenvalue weighted by molar-refractivity contribution is 6.35. The van der Waals surface area contributed by atoms with Crippen LogP contribution in [0.1, 0.15) is 15.9 Å². The Kier molecular flexibility index (Phi) is 5.11. The highest BCUT2D eigenvalue weighted by Gasteiger charge is 2.26. The van der Waals surface area contributed by atoms with Crippen LogP contribution in [0.2, 0.25) is 10.0 Å². The minimum Gasteiger partial charge on any atom is -0.504 e. The molecule has 3 aromatic rings. The number of halogens is 2. The number of ketones is 1. The molecule has 26 heavy (non-hydrogen) atoms. The number of carbonyl (C=O) groups excluding carboxylic acids is 1. The average molecular weight is 393 g/mol. The van der Waals surface area contributed by atoms with Gasteiger partial charge in [0, 0.05) is 10.0 Å². The molecular formula is C19H14Cl2O5. The number of furan rings is 1. The Bertz CT molecular complexity index is 1020. The van der Waals surface area contributed by atoms with E-state index in [9.17, 15) is 9.90 Å². The molecule has 7 heteroatoms. The monoisotopic (exact) mass is 392 g/mol. The third-order valence-electron chi connectivity index (χ3n) is 3.83. The number of ether oxygens (including phenoxy) is 2. The number of hydrogen-bond acceptors (Lipinski definition) is 5. The van der Waals surface area contributed by atoms with E-state index < -0.39 is 5.78 Å². The van der Waals surface area contributed by atoms with E-state index in [4.69, 9.17) is 37.1 Å². The van der Waals surface area contributed by atoms with Gasteiger partial charge in [-0.2, -0.15) is 0 Å². The maximum absolute atomic E-state index is 12.7. The fraction of sp³-hybridized carbons (Fsp3) is 0.105. The van der Waals surface area contributed by atoms with Gasteiger partial charge in [-0.05, 0) is 35.9 Å². The van der Waals surface area contributed by atoms with Gasteiger partial charge in [0.1, 0.15) is 11.3 Å². The van der Waals surface area contributed by atoms with E-state index in [1.807, 2.05) is 0 Å². The summed E-state index contributed by atoms with van der Waals surface area (Å²) in [4.78, 5) is 12.7. The van der Waals surface area contributed by atoms with Crippen molar-refractivity contribution in [3.8, 4) is 17.2 Å². The van der Waals surface area contributed by atoms with E-state index >= 15 is 0 Å². The van der Waals surface area contributed by atoms with Gasteiger partial charge in [-0.25, -0.2) is 0 Å². The first-order chi connectivity index (χ1) is 12.5. The van der Waals surface area contributed by atoms with E-state index in [1.54, 1.807) is 24.3 Å². The van der Waals surface area contributed by atoms with Crippen molar-refractivity contribution in [2.75, 3.05) is 14.2 Å². The second-order valence-corrected chi connectivity index (χ2v) is 6.16. The first-order valence-electron chi connectivity index (χ1n) is 7.49. The molecule has 1 heterocycles. The third-order valence-corrected chi connectivity index (χ3v) is 4.39. The molecule has 0 saturated heterocycles. The predicted molar refractivity (Wildman–Crippen MR) is 101 cm³/mol. The van der Waals surface area contributed by atoms with Gasteiger partial charge < -0.3 is 19.0 Å². The smallest absolute Gasteiger partial charge is 0.205 e. The van der Waals surface area contributed by atoms with Crippen LogP contribution in [0, 0.1) is 0 Å². The zero-order chi connectivity index (χ0) is 18.8. The minimum absolute atomic E-state index is 0.0282. The lowest BCUT2D eigenvalue weighted by Crippen LogP contribution is -2.02. The number of phenols is 1. The molecule has 134 valence electrons. The molecule has 0 bridgehead atoms. The van der Waals surface area contributed by atoms with E-state index in [0.29, 0.717) is 26.6 Å². The molecule has 0 aliphatic heterocycles. The number of methoxy groups -OCH3 is 2. The molecule has 3 rings (SSSR count). The van der Waals surface area contributed by atoms with Crippen LogP contribution in [0.25, 0.3) is 17.0 Å². The van der Waals surface area contributed by atoms with Crippen molar-refractivity contribution >= 4 is 46.0 Å². The second kappa shape index (κ2) is 7.32. The van der Waals surface area contributed by atoms with Gasteiger partial charge in [0.2, 0.25) is 5.75 Å². The Labute approximate surface area is 159 Å². The largest absolute Gasteiger partial charge is 0.504 e. The first kappa shape index (κ1) is 18.2.